The number of aryl methyl sites for hydroxylation is 3. The van der Waals surface area contributed by atoms with Gasteiger partial charge in [-0.05, 0) is 51.1 Å². The van der Waals surface area contributed by atoms with Gasteiger partial charge in [0.25, 0.3) is 11.5 Å². The topological polar surface area (TPSA) is 78.1 Å². The molecular weight excluding hydrogens is 439 g/mol. The normalized spacial score (nSPS) is 11.3. The van der Waals surface area contributed by atoms with E-state index in [1.54, 1.807) is 25.1 Å². The minimum absolute atomic E-state index is 0.264. The van der Waals surface area contributed by atoms with Crippen molar-refractivity contribution in [2.45, 2.75) is 33.9 Å². The summed E-state index contributed by atoms with van der Waals surface area (Å²) < 4.78 is 13.9. The number of rotatable bonds is 6. The second-order valence-corrected chi connectivity index (χ2v) is 9.28. The third-order valence-corrected chi connectivity index (χ3v) is 6.69. The van der Waals surface area contributed by atoms with Crippen LogP contribution in [0, 0.1) is 26.6 Å². The number of amides is 1. The Morgan fingerprint density at radius 1 is 1.15 bits per heavy atom. The van der Waals surface area contributed by atoms with Crippen molar-refractivity contribution < 1.29 is 9.18 Å². The van der Waals surface area contributed by atoms with E-state index in [4.69, 9.17) is 0 Å². The quantitative estimate of drug-likeness (QED) is 0.424. The first-order chi connectivity index (χ1) is 15.7. The summed E-state index contributed by atoms with van der Waals surface area (Å²) in [4.78, 5) is 36.0. The third kappa shape index (κ3) is 4.86. The maximum absolute atomic E-state index is 13.9. The van der Waals surface area contributed by atoms with Crippen molar-refractivity contribution in [2.75, 3.05) is 12.4 Å². The summed E-state index contributed by atoms with van der Waals surface area (Å²) in [6, 6.07) is 12.4. The molecule has 4 aromatic rings. The lowest BCUT2D eigenvalue weighted by molar-refractivity contribution is 0.103. The lowest BCUT2D eigenvalue weighted by Gasteiger charge is -2.16. The van der Waals surface area contributed by atoms with E-state index in [0.29, 0.717) is 45.1 Å². The van der Waals surface area contributed by atoms with Crippen molar-refractivity contribution in [3.05, 3.63) is 91.6 Å². The van der Waals surface area contributed by atoms with E-state index in [0.717, 1.165) is 16.8 Å². The number of fused-ring (bicyclic) bond motifs is 1. The van der Waals surface area contributed by atoms with E-state index in [-0.39, 0.29) is 17.3 Å². The Hall–Kier alpha value is -3.36. The summed E-state index contributed by atoms with van der Waals surface area (Å²) in [5, 5.41) is 3.36. The largest absolute Gasteiger partial charge is 0.321 e. The van der Waals surface area contributed by atoms with Gasteiger partial charge in [-0.1, -0.05) is 35.9 Å². The number of hydrogen-bond donors (Lipinski definition) is 2. The average molecular weight is 465 g/mol. The van der Waals surface area contributed by atoms with Gasteiger partial charge in [0.1, 0.15) is 16.5 Å². The second-order valence-electron chi connectivity index (χ2n) is 8.29. The Kier molecular flexibility index (Phi) is 6.40. The highest BCUT2D eigenvalue weighted by Crippen LogP contribution is 2.28. The minimum Gasteiger partial charge on any atom is -0.321 e. The van der Waals surface area contributed by atoms with Crippen LogP contribution in [0.25, 0.3) is 10.2 Å². The molecule has 0 aliphatic heterocycles. The first kappa shape index (κ1) is 22.8. The van der Waals surface area contributed by atoms with Crippen LogP contribution >= 0.6 is 11.3 Å². The van der Waals surface area contributed by atoms with Gasteiger partial charge in [-0.2, -0.15) is 0 Å². The summed E-state index contributed by atoms with van der Waals surface area (Å²) >= 11 is 1.20. The first-order valence-electron chi connectivity index (χ1n) is 10.6. The maximum Gasteiger partial charge on any atom is 0.266 e. The molecular formula is C25H25FN4O2S. The zero-order valence-corrected chi connectivity index (χ0v) is 19.8. The molecule has 170 valence electrons. The van der Waals surface area contributed by atoms with Crippen molar-refractivity contribution in [2.24, 2.45) is 0 Å². The van der Waals surface area contributed by atoms with Crippen LogP contribution in [0.4, 0.5) is 10.1 Å². The van der Waals surface area contributed by atoms with Crippen molar-refractivity contribution in [3.63, 3.8) is 0 Å². The maximum atomic E-state index is 13.9. The molecule has 0 radical (unpaired) electrons. The highest BCUT2D eigenvalue weighted by Gasteiger charge is 2.20. The second kappa shape index (κ2) is 9.25. The highest BCUT2D eigenvalue weighted by molar-refractivity contribution is 7.20. The number of hydrogen-bond acceptors (Lipinski definition) is 5. The number of aromatic amines is 1. The zero-order chi connectivity index (χ0) is 23.7. The van der Waals surface area contributed by atoms with Gasteiger partial charge >= 0.3 is 0 Å². The molecule has 2 N–H and O–H groups in total. The monoisotopic (exact) mass is 464 g/mol. The summed E-state index contributed by atoms with van der Waals surface area (Å²) in [6.07, 6.45) is 0. The lowest BCUT2D eigenvalue weighted by atomic mass is 10.1. The molecule has 0 saturated carbocycles. The molecule has 0 unspecified atom stereocenters. The van der Waals surface area contributed by atoms with E-state index in [1.807, 2.05) is 44.0 Å². The van der Waals surface area contributed by atoms with E-state index < -0.39 is 0 Å². The molecule has 0 fully saturated rings. The van der Waals surface area contributed by atoms with Crippen molar-refractivity contribution >= 4 is 33.1 Å². The van der Waals surface area contributed by atoms with E-state index in [1.165, 1.54) is 17.4 Å². The lowest BCUT2D eigenvalue weighted by Crippen LogP contribution is -2.22. The molecule has 0 saturated heterocycles. The predicted octanol–water partition coefficient (Wildman–Crippen LogP) is 4.93. The number of thiophene rings is 1. The number of H-pyrrole nitrogens is 1. The van der Waals surface area contributed by atoms with Crippen LogP contribution in [0.2, 0.25) is 0 Å². The molecule has 0 bridgehead atoms. The van der Waals surface area contributed by atoms with Gasteiger partial charge in [-0.15, -0.1) is 11.3 Å². The van der Waals surface area contributed by atoms with E-state index in [2.05, 4.69) is 15.3 Å². The average Bonchev–Trinajstić information content (AvgIpc) is 3.08. The molecule has 0 aliphatic carbocycles. The summed E-state index contributed by atoms with van der Waals surface area (Å²) in [5.74, 6) is -0.0661. The van der Waals surface area contributed by atoms with Gasteiger partial charge < -0.3 is 10.3 Å². The van der Waals surface area contributed by atoms with Crippen LogP contribution in [-0.2, 0) is 13.1 Å². The number of aromatic nitrogens is 2. The summed E-state index contributed by atoms with van der Waals surface area (Å²) in [7, 11) is 1.83. The van der Waals surface area contributed by atoms with Gasteiger partial charge in [-0.3, -0.25) is 14.5 Å². The molecule has 0 atom stereocenters. The van der Waals surface area contributed by atoms with Gasteiger partial charge in [0, 0.05) is 17.8 Å². The molecule has 2 aromatic carbocycles. The van der Waals surface area contributed by atoms with Gasteiger partial charge in [-0.25, -0.2) is 9.37 Å². The number of halogens is 1. The fourth-order valence-corrected chi connectivity index (χ4v) is 4.94. The number of nitrogens with zero attached hydrogens (tertiary/aromatic N) is 2. The smallest absolute Gasteiger partial charge is 0.266 e. The Balaban J connectivity index is 1.58. The fourth-order valence-electron chi connectivity index (χ4n) is 3.84. The van der Waals surface area contributed by atoms with Crippen LogP contribution in [0.5, 0.6) is 0 Å². The molecule has 33 heavy (non-hydrogen) atoms. The van der Waals surface area contributed by atoms with Crippen LogP contribution in [0.3, 0.4) is 0 Å². The molecule has 0 aliphatic rings. The molecule has 1 amide bonds. The molecule has 6 nitrogen and oxygen atoms in total. The SMILES string of the molecule is Cc1ccc(NC(=O)c2sc3nc(CN(C)Cc4ccccc4F)[nH]c(=O)c3c2C)c(C)c1. The van der Waals surface area contributed by atoms with Crippen LogP contribution in [0.1, 0.15) is 37.7 Å². The van der Waals surface area contributed by atoms with Gasteiger partial charge in [0.2, 0.25) is 0 Å². The molecule has 4 rings (SSSR count). The third-order valence-electron chi connectivity index (χ3n) is 5.50. The Morgan fingerprint density at radius 3 is 2.64 bits per heavy atom. The Bertz CT molecular complexity index is 1410. The summed E-state index contributed by atoms with van der Waals surface area (Å²) in [5.41, 5.74) is 3.72. The molecule has 2 aromatic heterocycles. The number of carbonyl (C=O) groups is 1. The van der Waals surface area contributed by atoms with Crippen molar-refractivity contribution in [1.29, 1.82) is 0 Å². The fraction of sp³-hybridized carbons (Fsp3) is 0.240. The summed E-state index contributed by atoms with van der Waals surface area (Å²) in [6.45, 7) is 6.41. The van der Waals surface area contributed by atoms with Crippen LogP contribution in [-0.4, -0.2) is 27.8 Å². The van der Waals surface area contributed by atoms with Crippen LogP contribution < -0.4 is 10.9 Å². The van der Waals surface area contributed by atoms with Crippen LogP contribution in [0.15, 0.2) is 47.3 Å². The highest BCUT2D eigenvalue weighted by atomic mass is 32.1. The van der Waals surface area contributed by atoms with Gasteiger partial charge in [0.15, 0.2) is 0 Å². The minimum atomic E-state index is -0.284. The molecule has 2 heterocycles. The predicted molar refractivity (Wildman–Crippen MR) is 130 cm³/mol. The Morgan fingerprint density at radius 2 is 1.91 bits per heavy atom. The van der Waals surface area contributed by atoms with E-state index in [9.17, 15) is 14.0 Å². The van der Waals surface area contributed by atoms with Crippen molar-refractivity contribution in [1.82, 2.24) is 14.9 Å². The first-order valence-corrected chi connectivity index (χ1v) is 11.4. The van der Waals surface area contributed by atoms with Gasteiger partial charge in [0.05, 0.1) is 16.8 Å². The standard InChI is InChI=1S/C25H25FN4O2S/c1-14-9-10-19(15(2)11-14)27-24(32)22-16(3)21-23(31)28-20(29-25(21)33-22)13-30(4)12-17-7-5-6-8-18(17)26/h5-11H,12-13H2,1-4H3,(H,27,32)(H,28,29,31). The number of benzene rings is 2. The number of carbonyl (C=O) groups excluding carboxylic acids is 1. The molecule has 0 spiro atoms. The molecule has 8 heteroatoms. The van der Waals surface area contributed by atoms with E-state index >= 15 is 0 Å². The Labute approximate surface area is 195 Å². The number of nitrogens with one attached hydrogen (secondary N) is 2. The zero-order valence-electron chi connectivity index (χ0n) is 19.0. The number of anilines is 1. The van der Waals surface area contributed by atoms with Crippen molar-refractivity contribution in [3.8, 4) is 0 Å².